The fourth-order valence-corrected chi connectivity index (χ4v) is 4.40. The zero-order valence-electron chi connectivity index (χ0n) is 19.4. The summed E-state index contributed by atoms with van der Waals surface area (Å²) < 4.78 is 5.91. The highest BCUT2D eigenvalue weighted by Gasteiger charge is 2.34. The summed E-state index contributed by atoms with van der Waals surface area (Å²) in [6.07, 6.45) is 2.31. The van der Waals surface area contributed by atoms with Crippen molar-refractivity contribution in [1.29, 1.82) is 0 Å². The summed E-state index contributed by atoms with van der Waals surface area (Å²) in [6.45, 7) is 6.62. The van der Waals surface area contributed by atoms with Gasteiger partial charge in [-0.2, -0.15) is 0 Å². The van der Waals surface area contributed by atoms with E-state index < -0.39 is 11.8 Å². The molecule has 3 aromatic rings. The molecule has 1 aliphatic heterocycles. The van der Waals surface area contributed by atoms with Crippen molar-refractivity contribution < 1.29 is 14.3 Å². The van der Waals surface area contributed by atoms with E-state index in [-0.39, 0.29) is 10.7 Å². The first-order chi connectivity index (χ1) is 16.4. The van der Waals surface area contributed by atoms with E-state index >= 15 is 0 Å². The number of aryl methyl sites for hydroxylation is 2. The lowest BCUT2D eigenvalue weighted by atomic mass is 9.98. The molecule has 6 heteroatoms. The molecule has 5 nitrogen and oxygen atoms in total. The quantitative estimate of drug-likeness (QED) is 0.309. The molecule has 1 heterocycles. The standard InChI is InChI=1S/C28H26N2O3S/c1-4-33-25-17-20(10-11-22(25)15-21-13-18(2)12-19(3)14-21)16-24-26(31)29-28(34)30(27(24)32)23-8-6-5-7-9-23/h5-14,16-17H,4,15H2,1-3H3,(H,29,31,34)/b24-16-. The predicted octanol–water partition coefficient (Wildman–Crippen LogP) is 5.12. The maximum absolute atomic E-state index is 13.2. The van der Waals surface area contributed by atoms with Crippen LogP contribution in [0.2, 0.25) is 0 Å². The van der Waals surface area contributed by atoms with E-state index in [1.165, 1.54) is 21.6 Å². The molecule has 1 aliphatic rings. The van der Waals surface area contributed by atoms with Gasteiger partial charge in [-0.05, 0) is 74.0 Å². The van der Waals surface area contributed by atoms with Crippen molar-refractivity contribution in [3.63, 3.8) is 0 Å². The molecule has 0 radical (unpaired) electrons. The zero-order chi connectivity index (χ0) is 24.2. The lowest BCUT2D eigenvalue weighted by Gasteiger charge is -2.28. The lowest BCUT2D eigenvalue weighted by Crippen LogP contribution is -2.54. The Morgan fingerprint density at radius 1 is 0.971 bits per heavy atom. The van der Waals surface area contributed by atoms with Crippen LogP contribution in [-0.2, 0) is 16.0 Å². The number of carbonyl (C=O) groups is 2. The second-order valence-corrected chi connectivity index (χ2v) is 8.65. The van der Waals surface area contributed by atoms with Crippen molar-refractivity contribution in [3.8, 4) is 5.75 Å². The summed E-state index contributed by atoms with van der Waals surface area (Å²) in [5.41, 5.74) is 6.00. The van der Waals surface area contributed by atoms with E-state index in [0.29, 0.717) is 17.9 Å². The number of thiocarbonyl (C=S) groups is 1. The number of nitrogens with zero attached hydrogens (tertiary/aromatic N) is 1. The van der Waals surface area contributed by atoms with Crippen LogP contribution in [-0.4, -0.2) is 23.5 Å². The first kappa shape index (κ1) is 23.4. The Kier molecular flexibility index (Phi) is 6.89. The summed E-state index contributed by atoms with van der Waals surface area (Å²) >= 11 is 5.26. The minimum Gasteiger partial charge on any atom is -0.494 e. The van der Waals surface area contributed by atoms with Gasteiger partial charge in [-0.1, -0.05) is 59.7 Å². The molecule has 1 saturated heterocycles. The molecule has 34 heavy (non-hydrogen) atoms. The highest BCUT2D eigenvalue weighted by Crippen LogP contribution is 2.27. The fraction of sp³-hybridized carbons (Fsp3) is 0.179. The van der Waals surface area contributed by atoms with E-state index in [2.05, 4.69) is 37.4 Å². The van der Waals surface area contributed by atoms with Crippen LogP contribution in [0.15, 0.2) is 72.3 Å². The van der Waals surface area contributed by atoms with E-state index in [1.54, 1.807) is 18.2 Å². The number of rotatable bonds is 6. The van der Waals surface area contributed by atoms with Crippen LogP contribution in [0.4, 0.5) is 5.69 Å². The van der Waals surface area contributed by atoms with Gasteiger partial charge in [0.05, 0.1) is 12.3 Å². The molecule has 0 aliphatic carbocycles. The molecule has 1 fully saturated rings. The molecule has 0 saturated carbocycles. The topological polar surface area (TPSA) is 58.6 Å². The maximum atomic E-state index is 13.2. The van der Waals surface area contributed by atoms with Gasteiger partial charge in [-0.3, -0.25) is 19.8 Å². The second-order valence-electron chi connectivity index (χ2n) is 8.27. The number of hydrogen-bond donors (Lipinski definition) is 1. The molecule has 0 aromatic heterocycles. The van der Waals surface area contributed by atoms with Gasteiger partial charge < -0.3 is 4.74 Å². The Morgan fingerprint density at radius 3 is 2.35 bits per heavy atom. The molecular formula is C28H26N2O3S. The maximum Gasteiger partial charge on any atom is 0.270 e. The first-order valence-electron chi connectivity index (χ1n) is 11.1. The number of anilines is 1. The Balaban J connectivity index is 1.67. The van der Waals surface area contributed by atoms with Gasteiger partial charge in [0, 0.05) is 6.42 Å². The van der Waals surface area contributed by atoms with Crippen LogP contribution in [0.5, 0.6) is 5.75 Å². The Labute approximate surface area is 205 Å². The average Bonchev–Trinajstić information content (AvgIpc) is 2.78. The molecule has 2 amide bonds. The van der Waals surface area contributed by atoms with Gasteiger partial charge >= 0.3 is 0 Å². The fourth-order valence-electron chi connectivity index (χ4n) is 4.12. The van der Waals surface area contributed by atoms with Gasteiger partial charge in [-0.15, -0.1) is 0 Å². The van der Waals surface area contributed by atoms with Crippen LogP contribution >= 0.6 is 12.2 Å². The Hall–Kier alpha value is -3.77. The molecule has 0 unspecified atom stereocenters. The van der Waals surface area contributed by atoms with Crippen molar-refractivity contribution in [1.82, 2.24) is 5.32 Å². The largest absolute Gasteiger partial charge is 0.494 e. The van der Waals surface area contributed by atoms with E-state index in [1.807, 2.05) is 43.3 Å². The van der Waals surface area contributed by atoms with Crippen LogP contribution in [0.25, 0.3) is 6.08 Å². The minimum atomic E-state index is -0.514. The van der Waals surface area contributed by atoms with Crippen molar-refractivity contribution in [2.24, 2.45) is 0 Å². The number of amides is 2. The minimum absolute atomic E-state index is 0.0157. The molecule has 0 bridgehead atoms. The molecular weight excluding hydrogens is 444 g/mol. The number of nitrogens with one attached hydrogen (secondary N) is 1. The monoisotopic (exact) mass is 470 g/mol. The van der Waals surface area contributed by atoms with Crippen LogP contribution in [0, 0.1) is 13.8 Å². The van der Waals surface area contributed by atoms with Gasteiger partial charge in [0.15, 0.2) is 5.11 Å². The molecule has 0 spiro atoms. The average molecular weight is 471 g/mol. The molecule has 4 rings (SSSR count). The Morgan fingerprint density at radius 2 is 1.68 bits per heavy atom. The molecule has 172 valence electrons. The van der Waals surface area contributed by atoms with Crippen molar-refractivity contribution in [2.45, 2.75) is 27.2 Å². The van der Waals surface area contributed by atoms with Crippen LogP contribution in [0.3, 0.4) is 0 Å². The highest BCUT2D eigenvalue weighted by molar-refractivity contribution is 7.80. The third-order valence-electron chi connectivity index (χ3n) is 5.49. The van der Waals surface area contributed by atoms with Crippen molar-refractivity contribution in [2.75, 3.05) is 11.5 Å². The molecule has 1 N–H and O–H groups in total. The van der Waals surface area contributed by atoms with Crippen molar-refractivity contribution in [3.05, 3.63) is 100 Å². The van der Waals surface area contributed by atoms with Gasteiger partial charge in [0.2, 0.25) is 0 Å². The third-order valence-corrected chi connectivity index (χ3v) is 5.78. The SMILES string of the molecule is CCOc1cc(/C=C2/C(=O)NC(=S)N(c3ccccc3)C2=O)ccc1Cc1cc(C)cc(C)c1. The van der Waals surface area contributed by atoms with Gasteiger partial charge in [0.25, 0.3) is 11.8 Å². The first-order valence-corrected chi connectivity index (χ1v) is 11.6. The summed E-state index contributed by atoms with van der Waals surface area (Å²) in [6, 6.07) is 21.3. The van der Waals surface area contributed by atoms with Gasteiger partial charge in [0.1, 0.15) is 11.3 Å². The number of hydrogen-bond acceptors (Lipinski definition) is 4. The number of carbonyl (C=O) groups excluding carboxylic acids is 2. The van der Waals surface area contributed by atoms with Crippen LogP contribution in [0.1, 0.15) is 34.7 Å². The van der Waals surface area contributed by atoms with Gasteiger partial charge in [-0.25, -0.2) is 0 Å². The summed E-state index contributed by atoms with van der Waals surface area (Å²) in [5, 5.41) is 2.69. The summed E-state index contributed by atoms with van der Waals surface area (Å²) in [7, 11) is 0. The second kappa shape index (κ2) is 10.0. The zero-order valence-corrected chi connectivity index (χ0v) is 20.2. The van der Waals surface area contributed by atoms with Crippen LogP contribution < -0.4 is 15.0 Å². The van der Waals surface area contributed by atoms with E-state index in [9.17, 15) is 9.59 Å². The predicted molar refractivity (Wildman–Crippen MR) is 139 cm³/mol. The summed E-state index contributed by atoms with van der Waals surface area (Å²) in [4.78, 5) is 27.2. The normalized spacial score (nSPS) is 15.0. The highest BCUT2D eigenvalue weighted by atomic mass is 32.1. The number of ether oxygens (including phenoxy) is 1. The third kappa shape index (κ3) is 5.07. The summed E-state index contributed by atoms with van der Waals surface area (Å²) in [5.74, 6) is -0.244. The van der Waals surface area contributed by atoms with Crippen molar-refractivity contribution >= 4 is 40.9 Å². The Bertz CT molecular complexity index is 1280. The molecule has 3 aromatic carbocycles. The van der Waals surface area contributed by atoms with E-state index in [0.717, 1.165) is 17.7 Å². The lowest BCUT2D eigenvalue weighted by molar-refractivity contribution is -0.122. The number of para-hydroxylation sites is 1. The smallest absolute Gasteiger partial charge is 0.270 e. The van der Waals surface area contributed by atoms with E-state index in [4.69, 9.17) is 17.0 Å². The molecule has 0 atom stereocenters. The number of benzene rings is 3.